The van der Waals surface area contributed by atoms with Crippen molar-refractivity contribution in [2.75, 3.05) is 5.43 Å². The first-order valence-electron chi connectivity index (χ1n) is 6.15. The monoisotopic (exact) mass is 250 g/mol. The summed E-state index contributed by atoms with van der Waals surface area (Å²) in [5.41, 5.74) is 6.88. The molecule has 3 aromatic rings. The van der Waals surface area contributed by atoms with Gasteiger partial charge >= 0.3 is 0 Å². The van der Waals surface area contributed by atoms with Crippen LogP contribution in [0.4, 0.5) is 0 Å². The van der Waals surface area contributed by atoms with Gasteiger partial charge < -0.3 is 5.43 Å². The zero-order valence-electron chi connectivity index (χ0n) is 10.4. The smallest absolute Gasteiger partial charge is 0.138 e. The molecule has 0 aliphatic heterocycles. The maximum Gasteiger partial charge on any atom is 0.138 e. The lowest BCUT2D eigenvalue weighted by molar-refractivity contribution is 0.836. The van der Waals surface area contributed by atoms with Crippen LogP contribution in [0.25, 0.3) is 11.1 Å². The third-order valence-electron chi connectivity index (χ3n) is 2.95. The lowest BCUT2D eigenvalue weighted by Gasteiger charge is -2.07. The molecular formula is C15H14N4. The summed E-state index contributed by atoms with van der Waals surface area (Å²) >= 11 is 0. The maximum absolute atomic E-state index is 3.74. The van der Waals surface area contributed by atoms with Gasteiger partial charge in [0.25, 0.3) is 0 Å². The molecule has 1 heterocycles. The third-order valence-corrected chi connectivity index (χ3v) is 2.95. The van der Waals surface area contributed by atoms with Crippen LogP contribution >= 0.6 is 0 Å². The number of nitrogens with one attached hydrogen (secondary N) is 1. The Balaban J connectivity index is 1.69. The molecule has 2 aromatic carbocycles. The Morgan fingerprint density at radius 3 is 2.11 bits per heavy atom. The average Bonchev–Trinajstić information content (AvgIpc) is 3.00. The van der Waals surface area contributed by atoms with E-state index in [9.17, 15) is 0 Å². The molecular weight excluding hydrogens is 236 g/mol. The Labute approximate surface area is 111 Å². The van der Waals surface area contributed by atoms with Crippen molar-refractivity contribution in [3.63, 3.8) is 0 Å². The fourth-order valence-corrected chi connectivity index (χ4v) is 1.91. The van der Waals surface area contributed by atoms with E-state index in [1.165, 1.54) is 16.7 Å². The van der Waals surface area contributed by atoms with Gasteiger partial charge in [0.05, 0.1) is 6.54 Å². The first-order valence-corrected chi connectivity index (χ1v) is 6.15. The van der Waals surface area contributed by atoms with Gasteiger partial charge in [-0.1, -0.05) is 54.6 Å². The summed E-state index contributed by atoms with van der Waals surface area (Å²) in [5, 5.41) is 7.48. The molecule has 0 saturated heterocycles. The number of nitrogens with zero attached hydrogens (tertiary/aromatic N) is 3. The molecule has 4 nitrogen and oxygen atoms in total. The Morgan fingerprint density at radius 2 is 1.42 bits per heavy atom. The van der Waals surface area contributed by atoms with Crippen molar-refractivity contribution >= 4 is 0 Å². The molecule has 0 spiro atoms. The van der Waals surface area contributed by atoms with Gasteiger partial charge in [-0.05, 0) is 16.7 Å². The van der Waals surface area contributed by atoms with Crippen LogP contribution in [0.5, 0.6) is 0 Å². The van der Waals surface area contributed by atoms with Gasteiger partial charge in [0, 0.05) is 0 Å². The van der Waals surface area contributed by atoms with E-state index in [0.29, 0.717) is 0 Å². The first-order chi connectivity index (χ1) is 9.42. The second kappa shape index (κ2) is 5.35. The van der Waals surface area contributed by atoms with E-state index < -0.39 is 0 Å². The standard InChI is InChI=1S/C15H14N4/c1-2-4-14(5-3-1)15-8-6-13(7-9-15)10-18-19-11-16-17-12-19/h1-9,11-12,18H,10H2. The summed E-state index contributed by atoms with van der Waals surface area (Å²) in [4.78, 5) is 0. The second-order valence-corrected chi connectivity index (χ2v) is 4.27. The van der Waals surface area contributed by atoms with Crippen LogP contribution in [0.2, 0.25) is 0 Å². The average molecular weight is 250 g/mol. The molecule has 19 heavy (non-hydrogen) atoms. The van der Waals surface area contributed by atoms with Crippen molar-refractivity contribution in [3.8, 4) is 11.1 Å². The van der Waals surface area contributed by atoms with E-state index in [0.717, 1.165) is 6.54 Å². The molecule has 0 saturated carbocycles. The largest absolute Gasteiger partial charge is 0.319 e. The van der Waals surface area contributed by atoms with Gasteiger partial charge in [0.2, 0.25) is 0 Å². The molecule has 0 aliphatic carbocycles. The van der Waals surface area contributed by atoms with Crippen molar-refractivity contribution in [1.29, 1.82) is 0 Å². The molecule has 0 radical (unpaired) electrons. The summed E-state index contributed by atoms with van der Waals surface area (Å²) < 4.78 is 1.74. The minimum Gasteiger partial charge on any atom is -0.319 e. The van der Waals surface area contributed by atoms with Crippen molar-refractivity contribution in [2.45, 2.75) is 6.54 Å². The zero-order valence-corrected chi connectivity index (χ0v) is 10.4. The molecule has 94 valence electrons. The van der Waals surface area contributed by atoms with Crippen molar-refractivity contribution in [3.05, 3.63) is 72.8 Å². The van der Waals surface area contributed by atoms with Crippen LogP contribution in [0, 0.1) is 0 Å². The normalized spacial score (nSPS) is 10.3. The lowest BCUT2D eigenvalue weighted by atomic mass is 10.0. The molecule has 1 N–H and O–H groups in total. The molecule has 0 aliphatic rings. The Morgan fingerprint density at radius 1 is 0.789 bits per heavy atom. The summed E-state index contributed by atoms with van der Waals surface area (Å²) in [6, 6.07) is 18.9. The molecule has 0 bridgehead atoms. The van der Waals surface area contributed by atoms with E-state index in [1.54, 1.807) is 17.3 Å². The second-order valence-electron chi connectivity index (χ2n) is 4.27. The highest BCUT2D eigenvalue weighted by Gasteiger charge is 1.97. The quantitative estimate of drug-likeness (QED) is 0.774. The predicted octanol–water partition coefficient (Wildman–Crippen LogP) is 2.69. The van der Waals surface area contributed by atoms with Crippen molar-refractivity contribution in [2.24, 2.45) is 0 Å². The van der Waals surface area contributed by atoms with Crippen LogP contribution < -0.4 is 5.43 Å². The maximum atomic E-state index is 3.74. The highest BCUT2D eigenvalue weighted by molar-refractivity contribution is 5.63. The highest BCUT2D eigenvalue weighted by Crippen LogP contribution is 2.19. The highest BCUT2D eigenvalue weighted by atomic mass is 15.5. The third kappa shape index (κ3) is 2.80. The molecule has 0 amide bonds. The van der Waals surface area contributed by atoms with Gasteiger partial charge in [0.15, 0.2) is 0 Å². The number of hydrogen-bond donors (Lipinski definition) is 1. The Kier molecular flexibility index (Phi) is 3.23. The first kappa shape index (κ1) is 11.5. The van der Waals surface area contributed by atoms with Crippen LogP contribution in [-0.4, -0.2) is 14.9 Å². The predicted molar refractivity (Wildman–Crippen MR) is 75.0 cm³/mol. The van der Waals surface area contributed by atoms with Gasteiger partial charge in [0.1, 0.15) is 12.7 Å². The number of rotatable bonds is 4. The van der Waals surface area contributed by atoms with E-state index >= 15 is 0 Å². The van der Waals surface area contributed by atoms with Crippen molar-refractivity contribution < 1.29 is 0 Å². The molecule has 1 aromatic heterocycles. The summed E-state index contributed by atoms with van der Waals surface area (Å²) in [6.07, 6.45) is 3.27. The zero-order chi connectivity index (χ0) is 12.9. The van der Waals surface area contributed by atoms with Crippen molar-refractivity contribution in [1.82, 2.24) is 14.9 Å². The molecule has 3 rings (SSSR count). The number of aromatic nitrogens is 3. The molecule has 4 heteroatoms. The Bertz CT molecular complexity index is 615. The van der Waals surface area contributed by atoms with Crippen LogP contribution in [0.15, 0.2) is 67.3 Å². The van der Waals surface area contributed by atoms with E-state index in [1.807, 2.05) is 6.07 Å². The van der Waals surface area contributed by atoms with Crippen LogP contribution in [0.1, 0.15) is 5.56 Å². The van der Waals surface area contributed by atoms with Gasteiger partial charge in [-0.15, -0.1) is 10.2 Å². The summed E-state index contributed by atoms with van der Waals surface area (Å²) in [5.74, 6) is 0. The van der Waals surface area contributed by atoms with Gasteiger partial charge in [-0.3, -0.25) is 0 Å². The van der Waals surface area contributed by atoms with Gasteiger partial charge in [-0.2, -0.15) is 0 Å². The topological polar surface area (TPSA) is 42.7 Å². The van der Waals surface area contributed by atoms with E-state index in [4.69, 9.17) is 0 Å². The van der Waals surface area contributed by atoms with Crippen LogP contribution in [-0.2, 0) is 6.54 Å². The fourth-order valence-electron chi connectivity index (χ4n) is 1.91. The van der Waals surface area contributed by atoms with E-state index in [-0.39, 0.29) is 0 Å². The number of benzene rings is 2. The summed E-state index contributed by atoms with van der Waals surface area (Å²) in [7, 11) is 0. The molecule has 0 unspecified atom stereocenters. The minimum absolute atomic E-state index is 0.743. The molecule has 0 fully saturated rings. The fraction of sp³-hybridized carbons (Fsp3) is 0.0667. The summed E-state index contributed by atoms with van der Waals surface area (Å²) in [6.45, 7) is 0.743. The molecule has 0 atom stereocenters. The SMILES string of the molecule is c1ccc(-c2ccc(CNn3cnnc3)cc2)cc1. The van der Waals surface area contributed by atoms with E-state index in [2.05, 4.69) is 64.2 Å². The van der Waals surface area contributed by atoms with Gasteiger partial charge in [-0.25, -0.2) is 4.68 Å². The number of hydrogen-bond acceptors (Lipinski definition) is 3. The Hall–Kier alpha value is -2.62. The lowest BCUT2D eigenvalue weighted by Crippen LogP contribution is -2.11. The minimum atomic E-state index is 0.743. The van der Waals surface area contributed by atoms with Crippen LogP contribution in [0.3, 0.4) is 0 Å².